The molecule has 3 aromatic carbocycles. The van der Waals surface area contributed by atoms with Gasteiger partial charge in [0.2, 0.25) is 5.95 Å². The van der Waals surface area contributed by atoms with Gasteiger partial charge in [0.25, 0.3) is 5.91 Å². The smallest absolute Gasteiger partial charge is 0.483 e. The van der Waals surface area contributed by atoms with E-state index in [0.717, 1.165) is 34.5 Å². The van der Waals surface area contributed by atoms with Crippen molar-refractivity contribution in [2.75, 3.05) is 10.6 Å². The van der Waals surface area contributed by atoms with Crippen molar-refractivity contribution in [1.82, 2.24) is 15.0 Å². The van der Waals surface area contributed by atoms with Crippen molar-refractivity contribution in [1.29, 1.82) is 0 Å². The number of rotatable bonds is 6. The normalized spacial score (nSPS) is 16.2. The van der Waals surface area contributed by atoms with Crippen LogP contribution in [0.4, 0.5) is 30.5 Å². The number of nitrogens with zero attached hydrogens (tertiary/aromatic N) is 2. The summed E-state index contributed by atoms with van der Waals surface area (Å²) in [6.07, 6.45) is -3.37. The largest absolute Gasteiger partial charge is 0.573 e. The first kappa shape index (κ1) is 26.2. The van der Waals surface area contributed by atoms with Gasteiger partial charge < -0.3 is 25.1 Å². The standard InChI is InChI=1S/C30H24F3N5O3/c1-16-10-11-18(28(39)35-19-6-5-7-20(15-19)41-30(31,32)33)14-23(16)37-29-36-22-12-13-34-25(22)26(38-29)27-17(2)21-8-3-4-9-24(21)40-27/h3-15,17,27,34H,1-2H3,(H,35,39)(H,36,37,38). The zero-order chi connectivity index (χ0) is 28.7. The second-order valence-corrected chi connectivity index (χ2v) is 9.72. The number of para-hydroxylation sites is 1. The molecule has 0 bridgehead atoms. The van der Waals surface area contributed by atoms with E-state index in [1.165, 1.54) is 12.1 Å². The van der Waals surface area contributed by atoms with Gasteiger partial charge in [0.15, 0.2) is 0 Å². The van der Waals surface area contributed by atoms with Crippen molar-refractivity contribution in [2.45, 2.75) is 32.2 Å². The summed E-state index contributed by atoms with van der Waals surface area (Å²) in [4.78, 5) is 25.7. The van der Waals surface area contributed by atoms with Gasteiger partial charge in [0.05, 0.1) is 11.0 Å². The number of ether oxygens (including phenoxy) is 2. The molecule has 0 saturated heterocycles. The monoisotopic (exact) mass is 559 g/mol. The molecule has 8 nitrogen and oxygen atoms in total. The number of halogens is 3. The number of carbonyl (C=O) groups excluding carboxylic acids is 1. The molecular formula is C30H24F3N5O3. The molecule has 2 atom stereocenters. The van der Waals surface area contributed by atoms with Crippen LogP contribution in [0.3, 0.4) is 0 Å². The SMILES string of the molecule is Cc1ccc(C(=O)Nc2cccc(OC(F)(F)F)c2)cc1Nc1nc(C2Oc3ccccc3C2C)c2[nH]ccc2n1. The van der Waals surface area contributed by atoms with Crippen LogP contribution in [0.25, 0.3) is 11.0 Å². The first-order chi connectivity index (χ1) is 19.6. The molecule has 11 heteroatoms. The van der Waals surface area contributed by atoms with Gasteiger partial charge in [-0.05, 0) is 48.9 Å². The summed E-state index contributed by atoms with van der Waals surface area (Å²) >= 11 is 0. The fourth-order valence-corrected chi connectivity index (χ4v) is 4.88. The molecule has 208 valence electrons. The van der Waals surface area contributed by atoms with Crippen LogP contribution in [-0.2, 0) is 0 Å². The van der Waals surface area contributed by atoms with E-state index < -0.39 is 18.0 Å². The van der Waals surface area contributed by atoms with Crippen LogP contribution in [-0.4, -0.2) is 27.2 Å². The number of hydrogen-bond acceptors (Lipinski definition) is 6. The molecular weight excluding hydrogens is 535 g/mol. The van der Waals surface area contributed by atoms with Crippen LogP contribution in [0.1, 0.15) is 46.1 Å². The lowest BCUT2D eigenvalue weighted by atomic mass is 9.95. The summed E-state index contributed by atoms with van der Waals surface area (Å²) in [5.41, 5.74) is 5.17. The number of H-pyrrole nitrogens is 1. The molecule has 2 unspecified atom stereocenters. The molecule has 1 amide bonds. The van der Waals surface area contributed by atoms with Gasteiger partial charge in [-0.3, -0.25) is 4.79 Å². The lowest BCUT2D eigenvalue weighted by molar-refractivity contribution is -0.274. The zero-order valence-corrected chi connectivity index (χ0v) is 21.9. The van der Waals surface area contributed by atoms with E-state index in [1.54, 1.807) is 24.4 Å². The Bertz CT molecular complexity index is 1770. The Balaban J connectivity index is 1.26. The molecule has 5 aromatic rings. The number of aromatic amines is 1. The summed E-state index contributed by atoms with van der Waals surface area (Å²) < 4.78 is 48.0. The van der Waals surface area contributed by atoms with Crippen molar-refractivity contribution in [3.05, 3.63) is 101 Å². The minimum absolute atomic E-state index is 0.0641. The third-order valence-electron chi connectivity index (χ3n) is 6.89. The average molecular weight is 560 g/mol. The maximum atomic E-state index is 13.0. The van der Waals surface area contributed by atoms with E-state index >= 15 is 0 Å². The van der Waals surface area contributed by atoms with Crippen molar-refractivity contribution in [3.8, 4) is 11.5 Å². The van der Waals surface area contributed by atoms with Crippen molar-refractivity contribution >= 4 is 34.3 Å². The van der Waals surface area contributed by atoms with Crippen LogP contribution >= 0.6 is 0 Å². The molecule has 41 heavy (non-hydrogen) atoms. The van der Waals surface area contributed by atoms with Gasteiger partial charge in [-0.15, -0.1) is 13.2 Å². The van der Waals surface area contributed by atoms with E-state index in [0.29, 0.717) is 22.8 Å². The van der Waals surface area contributed by atoms with Gasteiger partial charge in [0.1, 0.15) is 23.3 Å². The number of fused-ring (bicyclic) bond motifs is 2. The molecule has 0 spiro atoms. The van der Waals surface area contributed by atoms with Crippen LogP contribution in [0.15, 0.2) is 79.0 Å². The van der Waals surface area contributed by atoms with Crippen LogP contribution < -0.4 is 20.1 Å². The molecule has 0 saturated carbocycles. The van der Waals surface area contributed by atoms with Gasteiger partial charge in [-0.2, -0.15) is 0 Å². The highest BCUT2D eigenvalue weighted by atomic mass is 19.4. The molecule has 3 heterocycles. The molecule has 0 aliphatic carbocycles. The van der Waals surface area contributed by atoms with E-state index in [4.69, 9.17) is 9.72 Å². The third-order valence-corrected chi connectivity index (χ3v) is 6.89. The Morgan fingerprint density at radius 3 is 2.66 bits per heavy atom. The van der Waals surface area contributed by atoms with Crippen molar-refractivity contribution in [3.63, 3.8) is 0 Å². The van der Waals surface area contributed by atoms with Crippen LogP contribution in [0, 0.1) is 6.92 Å². The highest BCUT2D eigenvalue weighted by molar-refractivity contribution is 6.05. The fraction of sp³-hybridized carbons (Fsp3) is 0.167. The first-order valence-electron chi connectivity index (χ1n) is 12.8. The quantitative estimate of drug-likeness (QED) is 0.200. The maximum absolute atomic E-state index is 13.0. The second kappa shape index (κ2) is 10.2. The fourth-order valence-electron chi connectivity index (χ4n) is 4.88. The minimum atomic E-state index is -4.84. The number of carbonyl (C=O) groups is 1. The lowest BCUT2D eigenvalue weighted by Gasteiger charge is -2.17. The van der Waals surface area contributed by atoms with E-state index in [-0.39, 0.29) is 23.3 Å². The number of alkyl halides is 3. The average Bonchev–Trinajstić information content (AvgIpc) is 3.53. The van der Waals surface area contributed by atoms with Crippen molar-refractivity contribution in [2.24, 2.45) is 0 Å². The van der Waals surface area contributed by atoms with E-state index in [2.05, 4.69) is 32.3 Å². The van der Waals surface area contributed by atoms with Gasteiger partial charge in [0, 0.05) is 40.7 Å². The van der Waals surface area contributed by atoms with Gasteiger partial charge in [-0.1, -0.05) is 37.3 Å². The summed E-state index contributed by atoms with van der Waals surface area (Å²) in [5.74, 6) is 0.276. The van der Waals surface area contributed by atoms with Gasteiger partial charge >= 0.3 is 6.36 Å². The summed E-state index contributed by atoms with van der Waals surface area (Å²) in [6.45, 7) is 3.97. The number of hydrogen-bond donors (Lipinski definition) is 3. The highest BCUT2D eigenvalue weighted by Gasteiger charge is 2.35. The Kier molecular flexibility index (Phi) is 6.49. The number of anilines is 3. The number of amides is 1. The Hall–Kier alpha value is -5.06. The summed E-state index contributed by atoms with van der Waals surface area (Å²) in [6, 6.07) is 19.9. The molecule has 1 aliphatic rings. The zero-order valence-electron chi connectivity index (χ0n) is 21.9. The summed E-state index contributed by atoms with van der Waals surface area (Å²) in [5, 5.41) is 5.84. The number of nitrogens with one attached hydrogen (secondary N) is 3. The predicted molar refractivity (Wildman–Crippen MR) is 148 cm³/mol. The molecule has 3 N–H and O–H groups in total. The second-order valence-electron chi connectivity index (χ2n) is 9.72. The van der Waals surface area contributed by atoms with Crippen LogP contribution in [0.2, 0.25) is 0 Å². The molecule has 0 fully saturated rings. The Morgan fingerprint density at radius 2 is 1.85 bits per heavy atom. The van der Waals surface area contributed by atoms with Gasteiger partial charge in [-0.25, -0.2) is 9.97 Å². The molecule has 0 radical (unpaired) electrons. The number of aromatic nitrogens is 3. The third kappa shape index (κ3) is 5.38. The Morgan fingerprint density at radius 1 is 1.02 bits per heavy atom. The predicted octanol–water partition coefficient (Wildman–Crippen LogP) is 7.40. The maximum Gasteiger partial charge on any atom is 0.573 e. The number of benzene rings is 3. The molecule has 2 aromatic heterocycles. The van der Waals surface area contributed by atoms with E-state index in [1.807, 2.05) is 37.3 Å². The lowest BCUT2D eigenvalue weighted by Crippen LogP contribution is -2.17. The highest BCUT2D eigenvalue weighted by Crippen LogP contribution is 2.46. The van der Waals surface area contributed by atoms with Crippen molar-refractivity contribution < 1.29 is 27.4 Å². The summed E-state index contributed by atoms with van der Waals surface area (Å²) in [7, 11) is 0. The topological polar surface area (TPSA) is 101 Å². The Labute approximate surface area is 232 Å². The van der Waals surface area contributed by atoms with Crippen LogP contribution in [0.5, 0.6) is 11.5 Å². The minimum Gasteiger partial charge on any atom is -0.483 e. The first-order valence-corrected chi connectivity index (χ1v) is 12.8. The number of aryl methyl sites for hydroxylation is 1. The molecule has 6 rings (SSSR count). The molecule has 1 aliphatic heterocycles. The van der Waals surface area contributed by atoms with E-state index in [9.17, 15) is 18.0 Å².